The molecule has 5 atom stereocenters. The number of cyclic esters (lactones) is 1. The number of nitrogens with zero attached hydrogens (tertiary/aromatic N) is 1. The molecule has 7 heteroatoms. The quantitative estimate of drug-likeness (QED) is 0.347. The van der Waals surface area contributed by atoms with E-state index >= 15 is 0 Å². The highest BCUT2D eigenvalue weighted by atomic mass is 16.7. The molecule has 3 aromatic rings. The Morgan fingerprint density at radius 3 is 2.02 bits per heavy atom. The van der Waals surface area contributed by atoms with Crippen LogP contribution in [-0.4, -0.2) is 42.8 Å². The molecule has 40 heavy (non-hydrogen) atoms. The van der Waals surface area contributed by atoms with Crippen molar-refractivity contribution in [1.29, 1.82) is 0 Å². The molecular formula is C33H37NO6. The molecule has 2 aliphatic heterocycles. The first-order valence-electron chi connectivity index (χ1n) is 13.9. The molecule has 210 valence electrons. The number of hydrogen-bond acceptors (Lipinski definition) is 6. The Bertz CT molecular complexity index is 1270. The van der Waals surface area contributed by atoms with E-state index in [0.717, 1.165) is 22.4 Å². The standard InChI is InChI=1S/C33H37NO6/c1-21(2)29-33(25-12-8-6-9-13-25,26-14-10-7-11-15-26)40-32(36)34(29)30(35)23(4)28-22(3)20-38-31(39-28)24-16-18-27(37-5)19-17-24/h6-19,21-23,28-29,31H,20H2,1-5H3/t22-,23+,28-,29+,31+/m0/s1. The van der Waals surface area contributed by atoms with Gasteiger partial charge in [-0.1, -0.05) is 100 Å². The maximum atomic E-state index is 14.3. The van der Waals surface area contributed by atoms with Crippen molar-refractivity contribution in [3.05, 3.63) is 102 Å². The van der Waals surface area contributed by atoms with Gasteiger partial charge in [-0.25, -0.2) is 9.69 Å². The average molecular weight is 544 g/mol. The van der Waals surface area contributed by atoms with Crippen LogP contribution in [0.1, 0.15) is 50.7 Å². The van der Waals surface area contributed by atoms with Crippen molar-refractivity contribution in [2.75, 3.05) is 13.7 Å². The van der Waals surface area contributed by atoms with Crippen LogP contribution in [0, 0.1) is 17.8 Å². The van der Waals surface area contributed by atoms with E-state index in [1.54, 1.807) is 7.11 Å². The zero-order valence-electron chi connectivity index (χ0n) is 23.7. The van der Waals surface area contributed by atoms with E-state index in [4.69, 9.17) is 18.9 Å². The number of rotatable bonds is 7. The normalized spacial score (nSPS) is 24.9. The van der Waals surface area contributed by atoms with Crippen molar-refractivity contribution >= 4 is 12.0 Å². The molecule has 0 aliphatic carbocycles. The van der Waals surface area contributed by atoms with E-state index < -0.39 is 36.0 Å². The lowest BCUT2D eigenvalue weighted by atomic mass is 9.75. The van der Waals surface area contributed by atoms with Crippen LogP contribution < -0.4 is 4.74 Å². The smallest absolute Gasteiger partial charge is 0.418 e. The van der Waals surface area contributed by atoms with Gasteiger partial charge in [0.1, 0.15) is 5.75 Å². The number of amides is 2. The van der Waals surface area contributed by atoms with E-state index in [1.807, 2.05) is 113 Å². The molecule has 0 bridgehead atoms. The fourth-order valence-corrected chi connectivity index (χ4v) is 6.09. The number of carbonyl (C=O) groups excluding carboxylic acids is 2. The maximum absolute atomic E-state index is 14.3. The van der Waals surface area contributed by atoms with Crippen molar-refractivity contribution in [2.45, 2.75) is 51.7 Å². The average Bonchev–Trinajstić information content (AvgIpc) is 3.31. The van der Waals surface area contributed by atoms with Gasteiger partial charge in [0, 0.05) is 22.6 Å². The summed E-state index contributed by atoms with van der Waals surface area (Å²) in [6.45, 7) is 8.29. The number of methoxy groups -OCH3 is 1. The fraction of sp³-hybridized carbons (Fsp3) is 0.394. The fourth-order valence-electron chi connectivity index (χ4n) is 6.09. The van der Waals surface area contributed by atoms with E-state index in [1.165, 1.54) is 4.90 Å². The first-order chi connectivity index (χ1) is 19.3. The van der Waals surface area contributed by atoms with Crippen LogP contribution in [0.4, 0.5) is 4.79 Å². The minimum absolute atomic E-state index is 0.0578. The molecule has 2 amide bonds. The van der Waals surface area contributed by atoms with Crippen LogP contribution in [0.5, 0.6) is 5.75 Å². The summed E-state index contributed by atoms with van der Waals surface area (Å²) in [5.74, 6) is -0.346. The SMILES string of the molecule is COc1ccc([C@@H]2OC[C@H](C)[C@@H]([C@@H](C)C(=O)N3C(=O)OC(c4ccccc4)(c4ccccc4)[C@H]3C(C)C)O2)cc1. The van der Waals surface area contributed by atoms with Crippen molar-refractivity contribution in [1.82, 2.24) is 4.90 Å². The Morgan fingerprint density at radius 1 is 0.925 bits per heavy atom. The predicted octanol–water partition coefficient (Wildman–Crippen LogP) is 6.33. The van der Waals surface area contributed by atoms with Gasteiger partial charge in [-0.05, 0) is 18.1 Å². The highest BCUT2D eigenvalue weighted by Gasteiger charge is 2.60. The highest BCUT2D eigenvalue weighted by Crippen LogP contribution is 2.48. The first-order valence-corrected chi connectivity index (χ1v) is 13.9. The molecule has 2 saturated heterocycles. The van der Waals surface area contributed by atoms with Crippen molar-refractivity contribution < 1.29 is 28.5 Å². The van der Waals surface area contributed by atoms with Gasteiger partial charge in [-0.15, -0.1) is 0 Å². The van der Waals surface area contributed by atoms with Crippen molar-refractivity contribution in [3.63, 3.8) is 0 Å². The Hall–Kier alpha value is -3.68. The Balaban J connectivity index is 1.48. The van der Waals surface area contributed by atoms with Crippen LogP contribution in [0.2, 0.25) is 0 Å². The van der Waals surface area contributed by atoms with Crippen LogP contribution in [0.3, 0.4) is 0 Å². The molecule has 3 aromatic carbocycles. The number of carbonyl (C=O) groups is 2. The van der Waals surface area contributed by atoms with Gasteiger partial charge in [0.2, 0.25) is 5.91 Å². The first kappa shape index (κ1) is 27.9. The lowest BCUT2D eigenvalue weighted by Gasteiger charge is -2.40. The molecule has 5 rings (SSSR count). The van der Waals surface area contributed by atoms with Gasteiger partial charge in [0.25, 0.3) is 0 Å². The van der Waals surface area contributed by atoms with Crippen LogP contribution in [0.25, 0.3) is 0 Å². The molecule has 0 spiro atoms. The van der Waals surface area contributed by atoms with Crippen molar-refractivity contribution in [3.8, 4) is 5.75 Å². The summed E-state index contributed by atoms with van der Waals surface area (Å²) in [5.41, 5.74) is 1.35. The molecule has 2 heterocycles. The summed E-state index contributed by atoms with van der Waals surface area (Å²) in [7, 11) is 1.62. The summed E-state index contributed by atoms with van der Waals surface area (Å²) in [6.07, 6.45) is -1.73. The van der Waals surface area contributed by atoms with E-state index in [2.05, 4.69) is 0 Å². The van der Waals surface area contributed by atoms with Gasteiger partial charge >= 0.3 is 6.09 Å². The Morgan fingerprint density at radius 2 is 1.50 bits per heavy atom. The second-order valence-corrected chi connectivity index (χ2v) is 11.0. The number of ether oxygens (including phenoxy) is 4. The van der Waals surface area contributed by atoms with Crippen molar-refractivity contribution in [2.24, 2.45) is 17.8 Å². The minimum atomic E-state index is -1.14. The Kier molecular flexibility index (Phi) is 7.97. The number of imide groups is 1. The van der Waals surface area contributed by atoms with Gasteiger partial charge in [-0.2, -0.15) is 0 Å². The number of hydrogen-bond donors (Lipinski definition) is 0. The molecule has 0 N–H and O–H groups in total. The lowest BCUT2D eigenvalue weighted by molar-refractivity contribution is -0.248. The zero-order chi connectivity index (χ0) is 28.4. The summed E-state index contributed by atoms with van der Waals surface area (Å²) in [5, 5.41) is 0. The molecule has 0 unspecified atom stereocenters. The third kappa shape index (κ3) is 4.88. The lowest BCUT2D eigenvalue weighted by Crippen LogP contribution is -2.53. The topological polar surface area (TPSA) is 74.3 Å². The Labute approximate surface area is 236 Å². The third-order valence-corrected chi connectivity index (χ3v) is 8.04. The van der Waals surface area contributed by atoms with E-state index in [0.29, 0.717) is 6.61 Å². The number of benzene rings is 3. The van der Waals surface area contributed by atoms with Crippen LogP contribution in [-0.2, 0) is 24.6 Å². The second-order valence-electron chi connectivity index (χ2n) is 11.0. The summed E-state index contributed by atoms with van der Waals surface area (Å²) >= 11 is 0. The third-order valence-electron chi connectivity index (χ3n) is 8.04. The molecule has 7 nitrogen and oxygen atoms in total. The van der Waals surface area contributed by atoms with Gasteiger partial charge in [0.15, 0.2) is 11.9 Å². The van der Waals surface area contributed by atoms with Gasteiger partial charge in [0.05, 0.1) is 31.8 Å². The van der Waals surface area contributed by atoms with Crippen LogP contribution >= 0.6 is 0 Å². The summed E-state index contributed by atoms with van der Waals surface area (Å²) in [4.78, 5) is 29.3. The van der Waals surface area contributed by atoms with E-state index in [9.17, 15) is 9.59 Å². The molecular weight excluding hydrogens is 506 g/mol. The summed E-state index contributed by atoms with van der Waals surface area (Å²) < 4.78 is 23.9. The predicted molar refractivity (Wildman–Crippen MR) is 151 cm³/mol. The van der Waals surface area contributed by atoms with E-state index in [-0.39, 0.29) is 17.7 Å². The minimum Gasteiger partial charge on any atom is -0.497 e. The highest BCUT2D eigenvalue weighted by molar-refractivity contribution is 5.96. The largest absolute Gasteiger partial charge is 0.497 e. The van der Waals surface area contributed by atoms with Crippen LogP contribution in [0.15, 0.2) is 84.9 Å². The van der Waals surface area contributed by atoms with Gasteiger partial charge in [-0.3, -0.25) is 4.79 Å². The van der Waals surface area contributed by atoms with Gasteiger partial charge < -0.3 is 18.9 Å². The monoisotopic (exact) mass is 543 g/mol. The zero-order valence-corrected chi connectivity index (χ0v) is 23.7. The molecule has 2 aliphatic rings. The summed E-state index contributed by atoms with van der Waals surface area (Å²) in [6, 6.07) is 26.3. The maximum Gasteiger partial charge on any atom is 0.418 e. The molecule has 2 fully saturated rings. The molecule has 0 aromatic heterocycles. The second kappa shape index (κ2) is 11.4. The molecule has 0 saturated carbocycles. The molecule has 0 radical (unpaired) electrons.